The third-order valence-corrected chi connectivity index (χ3v) is 4.02. The van der Waals surface area contributed by atoms with Crippen LogP contribution in [0.25, 0.3) is 27.5 Å². The third-order valence-electron chi connectivity index (χ3n) is 4.02. The van der Waals surface area contributed by atoms with Crippen molar-refractivity contribution in [2.24, 2.45) is 0 Å². The molecule has 0 saturated carbocycles. The largest absolute Gasteiger partial charge is 0.364 e. The van der Waals surface area contributed by atoms with E-state index in [4.69, 9.17) is 0 Å². The van der Waals surface area contributed by atoms with E-state index in [9.17, 15) is 10.2 Å². The summed E-state index contributed by atoms with van der Waals surface area (Å²) in [6.07, 6.45) is -1.49. The van der Waals surface area contributed by atoms with Crippen LogP contribution in [-0.4, -0.2) is 14.8 Å². The maximum Gasteiger partial charge on any atom is 0.179 e. The number of rotatable bonds is 2. The molecule has 0 saturated heterocycles. The van der Waals surface area contributed by atoms with Crippen LogP contribution in [0.2, 0.25) is 0 Å². The van der Waals surface area contributed by atoms with Gasteiger partial charge in [-0.15, -0.1) is 0 Å². The van der Waals surface area contributed by atoms with Crippen LogP contribution >= 0.6 is 0 Å². The van der Waals surface area contributed by atoms with Crippen molar-refractivity contribution in [1.29, 1.82) is 0 Å². The standard InChI is InChI=1S/C19H15NO2/c21-19(22)15-10-6-12-17-18(15)14-9-4-5-11-16(14)20(17)13-7-2-1-3-8-13/h1-12,19,21-22H. The van der Waals surface area contributed by atoms with Crippen LogP contribution in [0.4, 0.5) is 0 Å². The van der Waals surface area contributed by atoms with Gasteiger partial charge in [0.15, 0.2) is 6.29 Å². The lowest BCUT2D eigenvalue weighted by atomic mass is 10.1. The van der Waals surface area contributed by atoms with Gasteiger partial charge in [-0.05, 0) is 24.3 Å². The molecule has 4 rings (SSSR count). The van der Waals surface area contributed by atoms with Crippen molar-refractivity contribution in [3.8, 4) is 5.69 Å². The smallest absolute Gasteiger partial charge is 0.179 e. The van der Waals surface area contributed by atoms with Crippen molar-refractivity contribution in [3.05, 3.63) is 78.4 Å². The van der Waals surface area contributed by atoms with Gasteiger partial charge in [-0.1, -0.05) is 48.5 Å². The van der Waals surface area contributed by atoms with E-state index < -0.39 is 6.29 Å². The maximum absolute atomic E-state index is 9.71. The zero-order valence-corrected chi connectivity index (χ0v) is 11.8. The number of aromatic nitrogens is 1. The van der Waals surface area contributed by atoms with Gasteiger partial charge in [0.1, 0.15) is 0 Å². The molecule has 0 atom stereocenters. The molecule has 108 valence electrons. The molecule has 22 heavy (non-hydrogen) atoms. The molecule has 0 radical (unpaired) electrons. The summed E-state index contributed by atoms with van der Waals surface area (Å²) in [5.41, 5.74) is 3.61. The summed E-state index contributed by atoms with van der Waals surface area (Å²) in [4.78, 5) is 0. The van der Waals surface area contributed by atoms with Crippen molar-refractivity contribution in [2.75, 3.05) is 0 Å². The molecule has 0 fully saturated rings. The highest BCUT2D eigenvalue weighted by Gasteiger charge is 2.16. The molecular formula is C19H15NO2. The van der Waals surface area contributed by atoms with E-state index in [1.165, 1.54) is 0 Å². The Balaban J connectivity index is 2.22. The lowest BCUT2D eigenvalue weighted by Gasteiger charge is -2.09. The van der Waals surface area contributed by atoms with E-state index >= 15 is 0 Å². The van der Waals surface area contributed by atoms with Crippen molar-refractivity contribution < 1.29 is 10.2 Å². The summed E-state index contributed by atoms with van der Waals surface area (Å²) < 4.78 is 2.15. The van der Waals surface area contributed by atoms with Crippen LogP contribution in [-0.2, 0) is 0 Å². The zero-order chi connectivity index (χ0) is 15.1. The molecule has 3 aromatic carbocycles. The normalized spacial score (nSPS) is 11.6. The van der Waals surface area contributed by atoms with Crippen LogP contribution in [0, 0.1) is 0 Å². The van der Waals surface area contributed by atoms with E-state index in [1.807, 2.05) is 60.7 Å². The van der Waals surface area contributed by atoms with Crippen molar-refractivity contribution in [1.82, 2.24) is 4.57 Å². The molecule has 0 unspecified atom stereocenters. The van der Waals surface area contributed by atoms with Crippen molar-refractivity contribution >= 4 is 21.8 Å². The lowest BCUT2D eigenvalue weighted by molar-refractivity contribution is -0.0412. The molecule has 0 bridgehead atoms. The first kappa shape index (κ1) is 13.1. The Kier molecular flexibility index (Phi) is 2.96. The van der Waals surface area contributed by atoms with E-state index in [-0.39, 0.29) is 0 Å². The quantitative estimate of drug-likeness (QED) is 0.552. The molecule has 2 N–H and O–H groups in total. The number of benzene rings is 3. The average Bonchev–Trinajstić information content (AvgIpc) is 2.90. The molecule has 0 aliphatic carbocycles. The SMILES string of the molecule is OC(O)c1cccc2c1c1ccccc1n2-c1ccccc1. The van der Waals surface area contributed by atoms with E-state index in [0.717, 1.165) is 27.5 Å². The summed E-state index contributed by atoms with van der Waals surface area (Å²) >= 11 is 0. The molecular weight excluding hydrogens is 274 g/mol. The second-order valence-corrected chi connectivity index (χ2v) is 5.30. The van der Waals surface area contributed by atoms with Crippen LogP contribution in [0.3, 0.4) is 0 Å². The molecule has 3 nitrogen and oxygen atoms in total. The minimum Gasteiger partial charge on any atom is -0.364 e. The number of aliphatic hydroxyl groups is 2. The average molecular weight is 289 g/mol. The first-order valence-electron chi connectivity index (χ1n) is 7.21. The van der Waals surface area contributed by atoms with Crippen LogP contribution < -0.4 is 0 Å². The highest BCUT2D eigenvalue weighted by Crippen LogP contribution is 2.35. The molecule has 0 aliphatic heterocycles. The Labute approximate surface area is 127 Å². The molecule has 1 aromatic heterocycles. The Morgan fingerprint density at radius 1 is 0.682 bits per heavy atom. The minimum absolute atomic E-state index is 0.531. The first-order chi connectivity index (χ1) is 10.8. The second-order valence-electron chi connectivity index (χ2n) is 5.30. The fourth-order valence-corrected chi connectivity index (χ4v) is 3.12. The fourth-order valence-electron chi connectivity index (χ4n) is 3.12. The number of hydrogen-bond donors (Lipinski definition) is 2. The minimum atomic E-state index is -1.49. The van der Waals surface area contributed by atoms with Gasteiger partial charge < -0.3 is 14.8 Å². The summed E-state index contributed by atoms with van der Waals surface area (Å²) in [6.45, 7) is 0. The van der Waals surface area contributed by atoms with Gasteiger partial charge in [0.2, 0.25) is 0 Å². The number of aliphatic hydroxyl groups excluding tert-OH is 1. The third kappa shape index (κ3) is 1.84. The highest BCUT2D eigenvalue weighted by molar-refractivity contribution is 6.10. The van der Waals surface area contributed by atoms with Gasteiger partial charge in [0, 0.05) is 22.0 Å². The summed E-state index contributed by atoms with van der Waals surface area (Å²) in [7, 11) is 0. The Hall–Kier alpha value is -2.62. The lowest BCUT2D eigenvalue weighted by Crippen LogP contribution is -1.96. The predicted octanol–water partition coefficient (Wildman–Crippen LogP) is 3.77. The highest BCUT2D eigenvalue weighted by atomic mass is 16.5. The Morgan fingerprint density at radius 2 is 1.36 bits per heavy atom. The fraction of sp³-hybridized carbons (Fsp3) is 0.0526. The van der Waals surface area contributed by atoms with Crippen LogP contribution in [0.1, 0.15) is 11.9 Å². The van der Waals surface area contributed by atoms with Gasteiger partial charge in [0.25, 0.3) is 0 Å². The van der Waals surface area contributed by atoms with E-state index in [1.54, 1.807) is 6.07 Å². The van der Waals surface area contributed by atoms with Crippen LogP contribution in [0.15, 0.2) is 72.8 Å². The number of hydrogen-bond acceptors (Lipinski definition) is 2. The second kappa shape index (κ2) is 4.98. The van der Waals surface area contributed by atoms with Crippen LogP contribution in [0.5, 0.6) is 0 Å². The van der Waals surface area contributed by atoms with Gasteiger partial charge in [0.05, 0.1) is 11.0 Å². The summed E-state index contributed by atoms with van der Waals surface area (Å²) in [6, 6.07) is 23.7. The van der Waals surface area contributed by atoms with Gasteiger partial charge >= 0.3 is 0 Å². The molecule has 1 heterocycles. The number of para-hydroxylation sites is 2. The Bertz CT molecular complexity index is 955. The summed E-state index contributed by atoms with van der Waals surface area (Å²) in [5.74, 6) is 0. The van der Waals surface area contributed by atoms with E-state index in [0.29, 0.717) is 5.56 Å². The van der Waals surface area contributed by atoms with Gasteiger partial charge in [-0.2, -0.15) is 0 Å². The molecule has 3 heteroatoms. The molecule has 4 aromatic rings. The number of nitrogens with zero attached hydrogens (tertiary/aromatic N) is 1. The topological polar surface area (TPSA) is 45.4 Å². The molecule has 0 aliphatic rings. The molecule has 0 amide bonds. The Morgan fingerprint density at radius 3 is 2.14 bits per heavy atom. The predicted molar refractivity (Wildman–Crippen MR) is 88.0 cm³/mol. The van der Waals surface area contributed by atoms with Gasteiger partial charge in [-0.3, -0.25) is 0 Å². The first-order valence-corrected chi connectivity index (χ1v) is 7.21. The van der Waals surface area contributed by atoms with Crippen molar-refractivity contribution in [2.45, 2.75) is 6.29 Å². The van der Waals surface area contributed by atoms with E-state index in [2.05, 4.69) is 10.6 Å². The monoisotopic (exact) mass is 289 g/mol. The number of fused-ring (bicyclic) bond motifs is 3. The maximum atomic E-state index is 9.71. The van der Waals surface area contributed by atoms with Gasteiger partial charge in [-0.25, -0.2) is 0 Å². The zero-order valence-electron chi connectivity index (χ0n) is 11.8. The molecule has 0 spiro atoms. The van der Waals surface area contributed by atoms with Crippen molar-refractivity contribution in [3.63, 3.8) is 0 Å². The summed E-state index contributed by atoms with van der Waals surface area (Å²) in [5, 5.41) is 21.3.